The number of methoxy groups -OCH3 is 1. The van der Waals surface area contributed by atoms with E-state index in [1.807, 2.05) is 7.05 Å². The molecule has 94 valence electrons. The molecule has 0 N–H and O–H groups in total. The third kappa shape index (κ3) is 2.80. The fraction of sp³-hybridized carbons (Fsp3) is 0.700. The van der Waals surface area contributed by atoms with Gasteiger partial charge in [-0.15, -0.1) is 0 Å². The fourth-order valence-electron chi connectivity index (χ4n) is 1.78. The van der Waals surface area contributed by atoms with Gasteiger partial charge in [0.15, 0.2) is 6.10 Å². The summed E-state index contributed by atoms with van der Waals surface area (Å²) in [4.78, 5) is 17.6. The Bertz CT molecular complexity index is 393. The van der Waals surface area contributed by atoms with Gasteiger partial charge in [0.05, 0.1) is 20.3 Å². The van der Waals surface area contributed by atoms with Crippen LogP contribution in [0.25, 0.3) is 0 Å². The number of carbonyl (C=O) groups is 1. The molecule has 1 aliphatic rings. The van der Waals surface area contributed by atoms with Crippen molar-refractivity contribution in [2.75, 3.05) is 26.8 Å². The van der Waals surface area contributed by atoms with E-state index in [2.05, 4.69) is 19.7 Å². The van der Waals surface area contributed by atoms with Gasteiger partial charge in [-0.2, -0.15) is 5.10 Å². The largest absolute Gasteiger partial charge is 0.467 e. The van der Waals surface area contributed by atoms with Crippen molar-refractivity contribution in [1.29, 1.82) is 0 Å². The van der Waals surface area contributed by atoms with E-state index in [0.717, 1.165) is 12.4 Å². The summed E-state index contributed by atoms with van der Waals surface area (Å²) < 4.78 is 11.7. The Hall–Kier alpha value is -1.47. The van der Waals surface area contributed by atoms with Gasteiger partial charge in [-0.1, -0.05) is 0 Å². The molecule has 7 heteroatoms. The lowest BCUT2D eigenvalue weighted by atomic mass is 10.2. The highest BCUT2D eigenvalue weighted by molar-refractivity contribution is 5.74. The molecule has 1 aliphatic heterocycles. The third-order valence-corrected chi connectivity index (χ3v) is 2.78. The quantitative estimate of drug-likeness (QED) is 0.644. The Labute approximate surface area is 99.3 Å². The predicted octanol–water partition coefficient (Wildman–Crippen LogP) is -0.811. The molecule has 1 unspecified atom stereocenters. The molecule has 1 saturated heterocycles. The summed E-state index contributed by atoms with van der Waals surface area (Å²) in [6.07, 6.45) is 1.02. The number of aromatic nitrogens is 3. The van der Waals surface area contributed by atoms with Crippen LogP contribution < -0.4 is 0 Å². The van der Waals surface area contributed by atoms with Gasteiger partial charge in [-0.3, -0.25) is 9.58 Å². The number of ether oxygens (including phenoxy) is 2. The molecule has 1 aromatic rings. The van der Waals surface area contributed by atoms with Gasteiger partial charge >= 0.3 is 5.97 Å². The number of carbonyl (C=O) groups excluding carboxylic acids is 1. The zero-order valence-electron chi connectivity index (χ0n) is 10.00. The average molecular weight is 240 g/mol. The molecular formula is C10H16N4O3. The number of hydrogen-bond donors (Lipinski definition) is 0. The second-order valence-electron chi connectivity index (χ2n) is 3.92. The maximum Gasteiger partial charge on any atom is 0.336 e. The van der Waals surface area contributed by atoms with Crippen LogP contribution in [-0.2, 0) is 27.9 Å². The van der Waals surface area contributed by atoms with E-state index in [1.165, 1.54) is 13.4 Å². The lowest BCUT2D eigenvalue weighted by Crippen LogP contribution is -2.46. The Balaban J connectivity index is 1.94. The van der Waals surface area contributed by atoms with Crippen molar-refractivity contribution >= 4 is 5.97 Å². The summed E-state index contributed by atoms with van der Waals surface area (Å²) in [7, 11) is 3.22. The summed E-state index contributed by atoms with van der Waals surface area (Å²) in [6, 6.07) is 0. The van der Waals surface area contributed by atoms with E-state index in [0.29, 0.717) is 19.7 Å². The minimum Gasteiger partial charge on any atom is -0.467 e. The molecule has 2 rings (SSSR count). The first-order valence-electron chi connectivity index (χ1n) is 5.45. The Morgan fingerprint density at radius 3 is 3.18 bits per heavy atom. The molecule has 0 saturated carbocycles. The van der Waals surface area contributed by atoms with Gasteiger partial charge in [-0.25, -0.2) is 9.78 Å². The highest BCUT2D eigenvalue weighted by Crippen LogP contribution is 2.09. The van der Waals surface area contributed by atoms with E-state index in [1.54, 1.807) is 4.68 Å². The van der Waals surface area contributed by atoms with Gasteiger partial charge in [0.2, 0.25) is 0 Å². The van der Waals surface area contributed by atoms with Gasteiger partial charge < -0.3 is 9.47 Å². The van der Waals surface area contributed by atoms with Crippen LogP contribution >= 0.6 is 0 Å². The van der Waals surface area contributed by atoms with Crippen LogP contribution in [-0.4, -0.2) is 58.5 Å². The zero-order valence-corrected chi connectivity index (χ0v) is 10.00. The van der Waals surface area contributed by atoms with E-state index < -0.39 is 6.10 Å². The van der Waals surface area contributed by atoms with Crippen LogP contribution in [0, 0.1) is 0 Å². The third-order valence-electron chi connectivity index (χ3n) is 2.78. The van der Waals surface area contributed by atoms with Crippen molar-refractivity contribution in [2.45, 2.75) is 12.6 Å². The number of rotatable bonds is 3. The van der Waals surface area contributed by atoms with E-state index in [-0.39, 0.29) is 5.97 Å². The monoisotopic (exact) mass is 240 g/mol. The van der Waals surface area contributed by atoms with Gasteiger partial charge in [0, 0.05) is 20.1 Å². The maximum atomic E-state index is 11.4. The Morgan fingerprint density at radius 2 is 2.53 bits per heavy atom. The Kier molecular flexibility index (Phi) is 3.70. The van der Waals surface area contributed by atoms with Gasteiger partial charge in [-0.05, 0) is 0 Å². The average Bonchev–Trinajstić information content (AvgIpc) is 2.74. The molecule has 0 spiro atoms. The van der Waals surface area contributed by atoms with Crippen molar-refractivity contribution in [3.05, 3.63) is 12.2 Å². The summed E-state index contributed by atoms with van der Waals surface area (Å²) in [5.41, 5.74) is 0. The maximum absolute atomic E-state index is 11.4. The van der Waals surface area contributed by atoms with Crippen molar-refractivity contribution in [3.8, 4) is 0 Å². The minimum atomic E-state index is -0.498. The Morgan fingerprint density at radius 1 is 1.71 bits per heavy atom. The molecule has 0 radical (unpaired) electrons. The molecule has 2 heterocycles. The van der Waals surface area contributed by atoms with Crippen LogP contribution in [0.1, 0.15) is 5.82 Å². The molecule has 7 nitrogen and oxygen atoms in total. The van der Waals surface area contributed by atoms with Crippen molar-refractivity contribution in [1.82, 2.24) is 19.7 Å². The second kappa shape index (κ2) is 5.24. The fourth-order valence-corrected chi connectivity index (χ4v) is 1.78. The first-order chi connectivity index (χ1) is 8.20. The molecule has 1 aromatic heterocycles. The van der Waals surface area contributed by atoms with Gasteiger partial charge in [0.25, 0.3) is 0 Å². The molecule has 0 amide bonds. The molecule has 17 heavy (non-hydrogen) atoms. The molecule has 1 fully saturated rings. The first-order valence-corrected chi connectivity index (χ1v) is 5.45. The summed E-state index contributed by atoms with van der Waals surface area (Å²) >= 11 is 0. The molecule has 1 atom stereocenters. The molecular weight excluding hydrogens is 224 g/mol. The van der Waals surface area contributed by atoms with Crippen LogP contribution in [0.15, 0.2) is 6.33 Å². The SMILES string of the molecule is COC(=O)C1CN(Cc2ncnn2C)CCO1. The van der Waals surface area contributed by atoms with E-state index in [4.69, 9.17) is 4.74 Å². The topological polar surface area (TPSA) is 69.5 Å². The van der Waals surface area contributed by atoms with Gasteiger partial charge in [0.1, 0.15) is 12.2 Å². The number of aryl methyl sites for hydroxylation is 1. The molecule has 0 aliphatic carbocycles. The van der Waals surface area contributed by atoms with Crippen molar-refractivity contribution in [2.24, 2.45) is 7.05 Å². The second-order valence-corrected chi connectivity index (χ2v) is 3.92. The number of esters is 1. The predicted molar refractivity (Wildman–Crippen MR) is 58.0 cm³/mol. The smallest absolute Gasteiger partial charge is 0.336 e. The minimum absolute atomic E-state index is 0.326. The molecule has 0 bridgehead atoms. The van der Waals surface area contributed by atoms with E-state index >= 15 is 0 Å². The normalized spacial score (nSPS) is 21.4. The van der Waals surface area contributed by atoms with Crippen molar-refractivity contribution < 1.29 is 14.3 Å². The highest BCUT2D eigenvalue weighted by Gasteiger charge is 2.27. The number of hydrogen-bond acceptors (Lipinski definition) is 6. The lowest BCUT2D eigenvalue weighted by Gasteiger charge is -2.30. The summed E-state index contributed by atoms with van der Waals surface area (Å²) in [5.74, 6) is 0.545. The molecule has 0 aromatic carbocycles. The summed E-state index contributed by atoms with van der Waals surface area (Å²) in [6.45, 7) is 2.49. The lowest BCUT2D eigenvalue weighted by molar-refractivity contribution is -0.160. The van der Waals surface area contributed by atoms with E-state index in [9.17, 15) is 4.79 Å². The number of morpholine rings is 1. The number of nitrogens with zero attached hydrogens (tertiary/aromatic N) is 4. The van der Waals surface area contributed by atoms with Crippen LogP contribution in [0.2, 0.25) is 0 Å². The van der Waals surface area contributed by atoms with Crippen LogP contribution in [0.3, 0.4) is 0 Å². The zero-order chi connectivity index (χ0) is 12.3. The van der Waals surface area contributed by atoms with Crippen LogP contribution in [0.4, 0.5) is 0 Å². The first kappa shape index (κ1) is 12.0. The standard InChI is InChI=1S/C10H16N4O3/c1-13-9(11-7-12-13)6-14-3-4-17-8(5-14)10(15)16-2/h7-8H,3-6H2,1-2H3. The van der Waals surface area contributed by atoms with Crippen LogP contribution in [0.5, 0.6) is 0 Å². The van der Waals surface area contributed by atoms with Crippen molar-refractivity contribution in [3.63, 3.8) is 0 Å². The summed E-state index contributed by atoms with van der Waals surface area (Å²) in [5, 5.41) is 4.01. The highest BCUT2D eigenvalue weighted by atomic mass is 16.6.